The summed E-state index contributed by atoms with van der Waals surface area (Å²) < 4.78 is 0. The number of rotatable bonds is 4. The molecular formula is C20H24N2O2S. The summed E-state index contributed by atoms with van der Waals surface area (Å²) in [5.74, 6) is -0.0880. The highest BCUT2D eigenvalue weighted by Crippen LogP contribution is 2.26. The number of nitrogens with one attached hydrogen (secondary N) is 1. The number of amides is 2. The van der Waals surface area contributed by atoms with Crippen molar-refractivity contribution in [2.45, 2.75) is 33.1 Å². The lowest BCUT2D eigenvalue weighted by molar-refractivity contribution is -0.121. The molecule has 0 unspecified atom stereocenters. The van der Waals surface area contributed by atoms with Gasteiger partial charge in [-0.2, -0.15) is 0 Å². The van der Waals surface area contributed by atoms with E-state index < -0.39 is 0 Å². The molecule has 1 saturated heterocycles. The molecule has 2 heterocycles. The SMILES string of the molecule is CCc1cc(C(=O)N2CCC[C@@H](C(=O)Nc3ccccc3)C2)sc1C. The molecule has 0 radical (unpaired) electrons. The highest BCUT2D eigenvalue weighted by molar-refractivity contribution is 7.14. The van der Waals surface area contributed by atoms with Crippen molar-refractivity contribution in [1.29, 1.82) is 0 Å². The molecule has 0 saturated carbocycles. The number of anilines is 1. The van der Waals surface area contributed by atoms with Crippen LogP contribution in [0.4, 0.5) is 5.69 Å². The third kappa shape index (κ3) is 4.10. The molecule has 2 aromatic rings. The second kappa shape index (κ2) is 7.83. The van der Waals surface area contributed by atoms with Crippen LogP contribution in [0.5, 0.6) is 0 Å². The standard InChI is InChI=1S/C20H24N2O2S/c1-3-15-12-18(25-14(15)2)20(24)22-11-7-8-16(13-22)19(23)21-17-9-5-4-6-10-17/h4-6,9-10,12,16H,3,7-8,11,13H2,1-2H3,(H,21,23)/t16-/m1/s1. The number of hydrogen-bond acceptors (Lipinski definition) is 3. The van der Waals surface area contributed by atoms with Crippen LogP contribution >= 0.6 is 11.3 Å². The van der Waals surface area contributed by atoms with Crippen molar-refractivity contribution in [1.82, 2.24) is 4.90 Å². The first-order valence-corrected chi connectivity index (χ1v) is 9.64. The first-order chi connectivity index (χ1) is 12.1. The van der Waals surface area contributed by atoms with Crippen LogP contribution in [0.25, 0.3) is 0 Å². The molecule has 5 heteroatoms. The van der Waals surface area contributed by atoms with E-state index in [-0.39, 0.29) is 17.7 Å². The predicted molar refractivity (Wildman–Crippen MR) is 102 cm³/mol. The monoisotopic (exact) mass is 356 g/mol. The third-order valence-corrected chi connectivity index (χ3v) is 5.81. The minimum atomic E-state index is -0.149. The van der Waals surface area contributed by atoms with E-state index in [4.69, 9.17) is 0 Å². The fourth-order valence-corrected chi connectivity index (χ4v) is 4.36. The van der Waals surface area contributed by atoms with Crippen LogP contribution < -0.4 is 5.32 Å². The van der Waals surface area contributed by atoms with Gasteiger partial charge >= 0.3 is 0 Å². The summed E-state index contributed by atoms with van der Waals surface area (Å²) in [6.07, 6.45) is 2.63. The topological polar surface area (TPSA) is 49.4 Å². The quantitative estimate of drug-likeness (QED) is 0.896. The van der Waals surface area contributed by atoms with Gasteiger partial charge in [0.1, 0.15) is 0 Å². The smallest absolute Gasteiger partial charge is 0.263 e. The molecule has 0 aliphatic carbocycles. The molecule has 0 bridgehead atoms. The van der Waals surface area contributed by atoms with Crippen LogP contribution in [-0.4, -0.2) is 29.8 Å². The molecule has 2 amide bonds. The minimum absolute atomic E-state index is 0.000285. The number of carbonyl (C=O) groups is 2. The Morgan fingerprint density at radius 1 is 1.28 bits per heavy atom. The number of likely N-dealkylation sites (tertiary alicyclic amines) is 1. The maximum atomic E-state index is 12.8. The van der Waals surface area contributed by atoms with Gasteiger partial charge in [-0.1, -0.05) is 25.1 Å². The molecule has 4 nitrogen and oxygen atoms in total. The fourth-order valence-electron chi connectivity index (χ4n) is 3.27. The Hall–Kier alpha value is -2.14. The van der Waals surface area contributed by atoms with Gasteiger partial charge in [-0.25, -0.2) is 0 Å². The number of thiophene rings is 1. The van der Waals surface area contributed by atoms with E-state index in [0.717, 1.165) is 36.4 Å². The number of benzene rings is 1. The van der Waals surface area contributed by atoms with Gasteiger partial charge in [0, 0.05) is 23.7 Å². The van der Waals surface area contributed by atoms with Gasteiger partial charge in [0.25, 0.3) is 5.91 Å². The second-order valence-electron chi connectivity index (χ2n) is 6.49. The first-order valence-electron chi connectivity index (χ1n) is 8.83. The lowest BCUT2D eigenvalue weighted by atomic mass is 9.96. The van der Waals surface area contributed by atoms with E-state index in [1.54, 1.807) is 11.3 Å². The number of carbonyl (C=O) groups excluding carboxylic acids is 2. The van der Waals surface area contributed by atoms with Gasteiger partial charge in [-0.15, -0.1) is 11.3 Å². The largest absolute Gasteiger partial charge is 0.337 e. The van der Waals surface area contributed by atoms with Gasteiger partial charge < -0.3 is 10.2 Å². The van der Waals surface area contributed by atoms with E-state index in [1.165, 1.54) is 10.4 Å². The molecule has 1 aliphatic rings. The number of hydrogen-bond donors (Lipinski definition) is 1. The van der Waals surface area contributed by atoms with Crippen molar-refractivity contribution in [3.05, 3.63) is 51.7 Å². The Bertz CT molecular complexity index is 754. The number of piperidine rings is 1. The molecule has 1 aromatic carbocycles. The van der Waals surface area contributed by atoms with Crippen molar-refractivity contribution in [3.8, 4) is 0 Å². The van der Waals surface area contributed by atoms with Crippen LogP contribution in [0.1, 0.15) is 39.9 Å². The zero-order chi connectivity index (χ0) is 17.8. The summed E-state index contributed by atoms with van der Waals surface area (Å²) in [5.41, 5.74) is 2.04. The lowest BCUT2D eigenvalue weighted by Crippen LogP contribution is -2.43. The average molecular weight is 356 g/mol. The zero-order valence-corrected chi connectivity index (χ0v) is 15.6. The summed E-state index contributed by atoms with van der Waals surface area (Å²) in [6.45, 7) is 5.39. The van der Waals surface area contributed by atoms with E-state index >= 15 is 0 Å². The molecule has 132 valence electrons. The summed E-state index contributed by atoms with van der Waals surface area (Å²) in [5, 5.41) is 2.96. The maximum Gasteiger partial charge on any atom is 0.263 e. The van der Waals surface area contributed by atoms with Gasteiger partial charge in [0.05, 0.1) is 10.8 Å². The maximum absolute atomic E-state index is 12.8. The van der Waals surface area contributed by atoms with Crippen LogP contribution in [0, 0.1) is 12.8 Å². The van der Waals surface area contributed by atoms with E-state index in [1.807, 2.05) is 41.3 Å². The van der Waals surface area contributed by atoms with Crippen LogP contribution in [0.15, 0.2) is 36.4 Å². The molecule has 25 heavy (non-hydrogen) atoms. The van der Waals surface area contributed by atoms with Crippen LogP contribution in [-0.2, 0) is 11.2 Å². The first kappa shape index (κ1) is 17.7. The molecule has 3 rings (SSSR count). The van der Waals surface area contributed by atoms with Crippen molar-refractivity contribution in [2.75, 3.05) is 18.4 Å². The van der Waals surface area contributed by atoms with Crippen molar-refractivity contribution < 1.29 is 9.59 Å². The lowest BCUT2D eigenvalue weighted by Gasteiger charge is -2.31. The highest BCUT2D eigenvalue weighted by atomic mass is 32.1. The van der Waals surface area contributed by atoms with E-state index in [2.05, 4.69) is 19.2 Å². The molecule has 1 N–H and O–H groups in total. The molecule has 1 atom stereocenters. The van der Waals surface area contributed by atoms with Crippen molar-refractivity contribution in [2.24, 2.45) is 5.92 Å². The van der Waals surface area contributed by atoms with E-state index in [0.29, 0.717) is 6.54 Å². The number of aryl methyl sites for hydroxylation is 2. The van der Waals surface area contributed by atoms with Crippen molar-refractivity contribution in [3.63, 3.8) is 0 Å². The summed E-state index contributed by atoms with van der Waals surface area (Å²) in [7, 11) is 0. The Morgan fingerprint density at radius 2 is 2.04 bits per heavy atom. The Morgan fingerprint density at radius 3 is 2.72 bits per heavy atom. The Labute approximate surface area is 152 Å². The van der Waals surface area contributed by atoms with Gasteiger partial charge in [-0.05, 0) is 49.9 Å². The average Bonchev–Trinajstić information content (AvgIpc) is 3.03. The zero-order valence-electron chi connectivity index (χ0n) is 14.7. The summed E-state index contributed by atoms with van der Waals surface area (Å²) >= 11 is 1.56. The van der Waals surface area contributed by atoms with Gasteiger partial charge in [0.2, 0.25) is 5.91 Å². The number of nitrogens with zero attached hydrogens (tertiary/aromatic N) is 1. The third-order valence-electron chi connectivity index (χ3n) is 4.73. The molecule has 1 fully saturated rings. The van der Waals surface area contributed by atoms with Gasteiger partial charge in [-0.3, -0.25) is 9.59 Å². The van der Waals surface area contributed by atoms with Gasteiger partial charge in [0.15, 0.2) is 0 Å². The highest BCUT2D eigenvalue weighted by Gasteiger charge is 2.29. The summed E-state index contributed by atoms with van der Waals surface area (Å²) in [6, 6.07) is 11.5. The second-order valence-corrected chi connectivity index (χ2v) is 7.75. The summed E-state index contributed by atoms with van der Waals surface area (Å²) in [4.78, 5) is 29.2. The van der Waals surface area contributed by atoms with Crippen LogP contribution in [0.2, 0.25) is 0 Å². The molecule has 1 aliphatic heterocycles. The van der Waals surface area contributed by atoms with E-state index in [9.17, 15) is 9.59 Å². The fraction of sp³-hybridized carbons (Fsp3) is 0.400. The molecular weight excluding hydrogens is 332 g/mol. The number of para-hydroxylation sites is 1. The van der Waals surface area contributed by atoms with Crippen LogP contribution in [0.3, 0.4) is 0 Å². The molecule has 0 spiro atoms. The minimum Gasteiger partial charge on any atom is -0.337 e. The Balaban J connectivity index is 1.65. The molecule has 1 aromatic heterocycles. The normalized spacial score (nSPS) is 17.4. The predicted octanol–water partition coefficient (Wildman–Crippen LogP) is 4.11. The Kier molecular flexibility index (Phi) is 5.53. The van der Waals surface area contributed by atoms with Crippen molar-refractivity contribution >= 4 is 28.8 Å².